The van der Waals surface area contributed by atoms with Crippen molar-refractivity contribution in [3.05, 3.63) is 59.1 Å². The van der Waals surface area contributed by atoms with Crippen LogP contribution in [0.4, 0.5) is 11.4 Å². The Morgan fingerprint density at radius 1 is 1.19 bits per heavy atom. The number of thioether (sulfide) groups is 1. The van der Waals surface area contributed by atoms with Gasteiger partial charge < -0.3 is 14.8 Å². The quantitative estimate of drug-likeness (QED) is 0.512. The molecule has 1 fully saturated rings. The van der Waals surface area contributed by atoms with Gasteiger partial charge in [0.25, 0.3) is 5.91 Å². The lowest BCUT2D eigenvalue weighted by molar-refractivity contribution is -0.117. The van der Waals surface area contributed by atoms with Crippen LogP contribution in [-0.4, -0.2) is 30.8 Å². The zero-order valence-electron chi connectivity index (χ0n) is 17.5. The Bertz CT molecular complexity index is 1040. The minimum atomic E-state index is -0.602. The number of nitrogens with zero attached hydrogens (tertiary/aromatic N) is 2. The average Bonchev–Trinajstić information content (AvgIpc) is 3.11. The first-order chi connectivity index (χ1) is 15.0. The lowest BCUT2D eigenvalue weighted by Gasteiger charge is -2.19. The summed E-state index contributed by atoms with van der Waals surface area (Å²) in [6.07, 6.45) is 0.577. The van der Waals surface area contributed by atoms with Crippen molar-refractivity contribution in [3.63, 3.8) is 0 Å². The van der Waals surface area contributed by atoms with Crippen molar-refractivity contribution >= 4 is 35.0 Å². The monoisotopic (exact) mass is 437 g/mol. The minimum absolute atomic E-state index is 0.130. The zero-order valence-corrected chi connectivity index (χ0v) is 18.4. The molecule has 0 bridgehead atoms. The van der Waals surface area contributed by atoms with Crippen molar-refractivity contribution in [2.75, 3.05) is 23.9 Å². The highest BCUT2D eigenvalue weighted by molar-refractivity contribution is 8.05. The number of benzene rings is 2. The largest absolute Gasteiger partial charge is 0.495 e. The Labute approximate surface area is 185 Å². The van der Waals surface area contributed by atoms with E-state index in [4.69, 9.17) is 9.47 Å². The summed E-state index contributed by atoms with van der Waals surface area (Å²) in [7, 11) is 1.50. The number of rotatable bonds is 7. The third-order valence-corrected chi connectivity index (χ3v) is 6.07. The average molecular weight is 438 g/mol. The summed E-state index contributed by atoms with van der Waals surface area (Å²) in [4.78, 5) is 27.5. The number of hydrogen-bond donors (Lipinski definition) is 1. The van der Waals surface area contributed by atoms with Crippen LogP contribution in [-0.2, 0) is 9.59 Å². The van der Waals surface area contributed by atoms with Crippen molar-refractivity contribution in [2.45, 2.75) is 25.5 Å². The van der Waals surface area contributed by atoms with Gasteiger partial charge in [0, 0.05) is 5.69 Å². The highest BCUT2D eigenvalue weighted by Gasteiger charge is 2.39. The Morgan fingerprint density at radius 3 is 2.52 bits per heavy atom. The van der Waals surface area contributed by atoms with Crippen molar-refractivity contribution in [3.8, 4) is 17.6 Å². The normalized spacial score (nSPS) is 17.2. The van der Waals surface area contributed by atoms with Crippen LogP contribution in [0.1, 0.15) is 20.3 Å². The van der Waals surface area contributed by atoms with Crippen molar-refractivity contribution < 1.29 is 19.1 Å². The molecule has 31 heavy (non-hydrogen) atoms. The van der Waals surface area contributed by atoms with E-state index < -0.39 is 5.91 Å². The molecule has 8 heteroatoms. The fraction of sp³-hybridized carbons (Fsp3) is 0.261. The number of ether oxygens (including phenoxy) is 2. The third kappa shape index (κ3) is 4.67. The van der Waals surface area contributed by atoms with Gasteiger partial charge in [0.05, 0.1) is 24.7 Å². The predicted molar refractivity (Wildman–Crippen MR) is 121 cm³/mol. The van der Waals surface area contributed by atoms with Crippen LogP contribution in [0.25, 0.3) is 0 Å². The van der Waals surface area contributed by atoms with E-state index in [0.717, 1.165) is 0 Å². The Hall–Kier alpha value is -3.44. The first-order valence-corrected chi connectivity index (χ1v) is 10.7. The van der Waals surface area contributed by atoms with Gasteiger partial charge >= 0.3 is 0 Å². The number of amides is 2. The van der Waals surface area contributed by atoms with Gasteiger partial charge in [-0.15, -0.1) is 0 Å². The molecule has 1 heterocycles. The van der Waals surface area contributed by atoms with Gasteiger partial charge in [0.15, 0.2) is 0 Å². The molecule has 0 spiro atoms. The maximum absolute atomic E-state index is 13.0. The summed E-state index contributed by atoms with van der Waals surface area (Å²) < 4.78 is 10.7. The second-order valence-electron chi connectivity index (χ2n) is 6.56. The Morgan fingerprint density at radius 2 is 1.90 bits per heavy atom. The zero-order chi connectivity index (χ0) is 22.4. The Kier molecular flexibility index (Phi) is 7.21. The first kappa shape index (κ1) is 22.2. The van der Waals surface area contributed by atoms with Gasteiger partial charge in [0.2, 0.25) is 5.91 Å². The number of carbonyl (C=O) groups excluding carboxylic acids is 2. The first-order valence-electron chi connectivity index (χ1n) is 9.86. The van der Waals surface area contributed by atoms with Crippen molar-refractivity contribution in [1.82, 2.24) is 0 Å². The molecule has 7 nitrogen and oxygen atoms in total. The summed E-state index contributed by atoms with van der Waals surface area (Å²) in [5.41, 5.74) is 0.885. The molecule has 1 aliphatic heterocycles. The lowest BCUT2D eigenvalue weighted by atomic mass is 10.2. The number of hydrogen-bond acceptors (Lipinski definition) is 6. The molecule has 1 unspecified atom stereocenters. The van der Waals surface area contributed by atoms with Gasteiger partial charge in [-0.05, 0) is 49.7 Å². The molecule has 2 amide bonds. The Balaban J connectivity index is 2.00. The molecule has 160 valence electrons. The van der Waals surface area contributed by atoms with Gasteiger partial charge in [-0.2, -0.15) is 5.26 Å². The van der Waals surface area contributed by atoms with Crippen molar-refractivity contribution in [1.29, 1.82) is 5.26 Å². The molecule has 1 N–H and O–H groups in total. The van der Waals surface area contributed by atoms with Gasteiger partial charge in [0.1, 0.15) is 28.2 Å². The summed E-state index contributed by atoms with van der Waals surface area (Å²) in [5, 5.41) is 12.5. The number of carbonyl (C=O) groups is 2. The van der Waals surface area contributed by atoms with E-state index in [2.05, 4.69) is 5.32 Å². The van der Waals surface area contributed by atoms with Crippen LogP contribution in [0.2, 0.25) is 0 Å². The van der Waals surface area contributed by atoms with Crippen LogP contribution >= 0.6 is 11.8 Å². The molecule has 3 rings (SSSR count). The number of nitriles is 1. The van der Waals surface area contributed by atoms with Crippen LogP contribution < -0.4 is 19.7 Å². The summed E-state index contributed by atoms with van der Waals surface area (Å²) >= 11 is 1.23. The van der Waals surface area contributed by atoms with E-state index in [1.807, 2.05) is 19.9 Å². The van der Waals surface area contributed by atoms with E-state index in [0.29, 0.717) is 40.9 Å². The number of nitrogens with one attached hydrogen (secondary N) is 1. The molecular weight excluding hydrogens is 414 g/mol. The SMILES string of the molecule is CCOc1ccc(N2C(=O)C(CC)S/C2=C(/C#N)C(=O)Nc2ccccc2OC)cc1. The molecule has 0 aliphatic carbocycles. The molecule has 2 aromatic carbocycles. The molecule has 0 aromatic heterocycles. The fourth-order valence-corrected chi connectivity index (χ4v) is 4.34. The van der Waals surface area contributed by atoms with Gasteiger partial charge in [-0.1, -0.05) is 30.8 Å². The highest BCUT2D eigenvalue weighted by atomic mass is 32.2. The number of para-hydroxylation sites is 2. The van der Waals surface area contributed by atoms with Crippen LogP contribution in [0.5, 0.6) is 11.5 Å². The molecule has 1 saturated heterocycles. The van der Waals surface area contributed by atoms with E-state index in [1.54, 1.807) is 48.5 Å². The number of anilines is 2. The second kappa shape index (κ2) is 10.0. The van der Waals surface area contributed by atoms with E-state index in [9.17, 15) is 14.9 Å². The fourth-order valence-electron chi connectivity index (χ4n) is 3.14. The topological polar surface area (TPSA) is 91.7 Å². The summed E-state index contributed by atoms with van der Waals surface area (Å²) in [6.45, 7) is 4.32. The maximum atomic E-state index is 13.0. The second-order valence-corrected chi connectivity index (χ2v) is 7.75. The van der Waals surface area contributed by atoms with E-state index >= 15 is 0 Å². The van der Waals surface area contributed by atoms with E-state index in [1.165, 1.54) is 23.8 Å². The smallest absolute Gasteiger partial charge is 0.269 e. The molecule has 2 aromatic rings. The summed E-state index contributed by atoms with van der Waals surface area (Å²) in [6, 6.07) is 15.9. The van der Waals surface area contributed by atoms with Crippen LogP contribution in [0.15, 0.2) is 59.1 Å². The predicted octanol–water partition coefficient (Wildman–Crippen LogP) is 4.33. The molecule has 1 aliphatic rings. The van der Waals surface area contributed by atoms with E-state index in [-0.39, 0.29) is 16.7 Å². The summed E-state index contributed by atoms with van der Waals surface area (Å²) in [5.74, 6) is 0.389. The maximum Gasteiger partial charge on any atom is 0.269 e. The van der Waals surface area contributed by atoms with Crippen LogP contribution in [0.3, 0.4) is 0 Å². The molecule has 1 atom stereocenters. The van der Waals surface area contributed by atoms with Crippen LogP contribution in [0, 0.1) is 11.3 Å². The third-order valence-electron chi connectivity index (χ3n) is 4.64. The highest BCUT2D eigenvalue weighted by Crippen LogP contribution is 2.42. The minimum Gasteiger partial charge on any atom is -0.495 e. The van der Waals surface area contributed by atoms with Gasteiger partial charge in [-0.25, -0.2) is 0 Å². The lowest BCUT2D eigenvalue weighted by Crippen LogP contribution is -2.29. The standard InChI is InChI=1S/C23H23N3O4S/c1-4-20-22(28)26(15-10-12-16(13-11-15)30-5-2)23(31-20)17(14-24)21(27)25-18-8-6-7-9-19(18)29-3/h6-13,20H,4-5H2,1-3H3,(H,25,27)/b23-17-. The molecular formula is C23H23N3O4S. The van der Waals surface area contributed by atoms with Crippen molar-refractivity contribution in [2.24, 2.45) is 0 Å². The molecule has 0 saturated carbocycles. The number of methoxy groups -OCH3 is 1. The molecule has 0 radical (unpaired) electrons. The van der Waals surface area contributed by atoms with Gasteiger partial charge in [-0.3, -0.25) is 14.5 Å².